The smallest absolute Gasteiger partial charge is 0.164 e. The van der Waals surface area contributed by atoms with Crippen molar-refractivity contribution in [1.29, 1.82) is 0 Å². The van der Waals surface area contributed by atoms with Gasteiger partial charge in [-0.15, -0.1) is 10.2 Å². The molecule has 2 aromatic heterocycles. The lowest BCUT2D eigenvalue weighted by molar-refractivity contribution is 0.134. The minimum Gasteiger partial charge on any atom is -0.385 e. The van der Waals surface area contributed by atoms with E-state index in [9.17, 15) is 5.11 Å². The van der Waals surface area contributed by atoms with Crippen molar-refractivity contribution in [1.82, 2.24) is 19.7 Å². The maximum absolute atomic E-state index is 9.79. The van der Waals surface area contributed by atoms with Crippen molar-refractivity contribution < 1.29 is 5.11 Å². The molecule has 0 spiro atoms. The lowest BCUT2D eigenvalue weighted by Gasteiger charge is -2.19. The fourth-order valence-corrected chi connectivity index (χ4v) is 2.07. The van der Waals surface area contributed by atoms with Crippen LogP contribution in [0.5, 0.6) is 0 Å². The summed E-state index contributed by atoms with van der Waals surface area (Å²) in [5, 5.41) is 18.0. The predicted octanol–water partition coefficient (Wildman–Crippen LogP) is 1.17. The minimum absolute atomic E-state index is 0.475. The van der Waals surface area contributed by atoms with Crippen LogP contribution in [0.2, 0.25) is 0 Å². The fraction of sp³-hybridized carbons (Fsp3) is 0.364. The molecular formula is C11H12N4O. The van der Waals surface area contributed by atoms with Crippen molar-refractivity contribution >= 4 is 0 Å². The van der Waals surface area contributed by atoms with Crippen molar-refractivity contribution in [3.8, 4) is 11.4 Å². The van der Waals surface area contributed by atoms with E-state index in [1.54, 1.807) is 12.4 Å². The van der Waals surface area contributed by atoms with E-state index >= 15 is 0 Å². The van der Waals surface area contributed by atoms with Crippen LogP contribution in [0.4, 0.5) is 0 Å². The monoisotopic (exact) mass is 216 g/mol. The predicted molar refractivity (Wildman–Crippen MR) is 57.4 cm³/mol. The number of pyridine rings is 1. The zero-order valence-corrected chi connectivity index (χ0v) is 8.74. The van der Waals surface area contributed by atoms with Crippen molar-refractivity contribution in [2.45, 2.75) is 25.5 Å². The SMILES string of the molecule is OC1CCCn2c(-c3ccncc3)nnc21. The molecule has 3 heterocycles. The van der Waals surface area contributed by atoms with Gasteiger partial charge in [-0.1, -0.05) is 0 Å². The Kier molecular flexibility index (Phi) is 2.18. The van der Waals surface area contributed by atoms with E-state index in [2.05, 4.69) is 15.2 Å². The van der Waals surface area contributed by atoms with Crippen LogP contribution in [0.15, 0.2) is 24.5 Å². The summed E-state index contributed by atoms with van der Waals surface area (Å²) in [4.78, 5) is 3.98. The molecule has 1 aliphatic heterocycles. The highest BCUT2D eigenvalue weighted by molar-refractivity contribution is 5.54. The summed E-state index contributed by atoms with van der Waals surface area (Å²) in [5.41, 5.74) is 0.989. The Hall–Kier alpha value is -1.75. The lowest BCUT2D eigenvalue weighted by Crippen LogP contribution is -2.16. The van der Waals surface area contributed by atoms with Crippen LogP contribution in [0.3, 0.4) is 0 Å². The maximum Gasteiger partial charge on any atom is 0.164 e. The second-order valence-corrected chi connectivity index (χ2v) is 3.93. The Balaban J connectivity index is 2.10. The number of nitrogens with zero attached hydrogens (tertiary/aromatic N) is 4. The van der Waals surface area contributed by atoms with E-state index in [0.717, 1.165) is 30.8 Å². The molecule has 0 aromatic carbocycles. The summed E-state index contributed by atoms with van der Waals surface area (Å²) in [6.45, 7) is 0.872. The average Bonchev–Trinajstić information content (AvgIpc) is 2.75. The molecular weight excluding hydrogens is 204 g/mol. The Morgan fingerprint density at radius 2 is 2.06 bits per heavy atom. The van der Waals surface area contributed by atoms with Gasteiger partial charge in [0.25, 0.3) is 0 Å². The third-order valence-corrected chi connectivity index (χ3v) is 2.88. The molecule has 5 nitrogen and oxygen atoms in total. The first-order chi connectivity index (χ1) is 7.86. The Morgan fingerprint density at radius 3 is 2.88 bits per heavy atom. The van der Waals surface area contributed by atoms with Crippen LogP contribution in [-0.2, 0) is 6.54 Å². The van der Waals surface area contributed by atoms with Gasteiger partial charge >= 0.3 is 0 Å². The van der Waals surface area contributed by atoms with E-state index in [-0.39, 0.29) is 0 Å². The third kappa shape index (κ3) is 1.40. The number of aromatic nitrogens is 4. The molecule has 0 saturated heterocycles. The first-order valence-corrected chi connectivity index (χ1v) is 5.38. The van der Waals surface area contributed by atoms with E-state index in [4.69, 9.17) is 0 Å². The summed E-state index contributed by atoms with van der Waals surface area (Å²) >= 11 is 0. The van der Waals surface area contributed by atoms with Crippen LogP contribution >= 0.6 is 0 Å². The second kappa shape index (κ2) is 3.68. The quantitative estimate of drug-likeness (QED) is 0.777. The highest BCUT2D eigenvalue weighted by atomic mass is 16.3. The van der Waals surface area contributed by atoms with Crippen LogP contribution in [0, 0.1) is 0 Å². The number of hydrogen-bond donors (Lipinski definition) is 1. The standard InChI is InChI=1S/C11H12N4O/c16-9-2-1-7-15-10(13-14-11(9)15)8-3-5-12-6-4-8/h3-6,9,16H,1-2,7H2. The molecule has 1 unspecified atom stereocenters. The number of aliphatic hydroxyl groups excluding tert-OH is 1. The highest BCUT2D eigenvalue weighted by Gasteiger charge is 2.23. The van der Waals surface area contributed by atoms with Gasteiger partial charge in [-0.25, -0.2) is 0 Å². The van der Waals surface area contributed by atoms with Gasteiger partial charge in [-0.3, -0.25) is 4.98 Å². The average molecular weight is 216 g/mol. The highest BCUT2D eigenvalue weighted by Crippen LogP contribution is 2.27. The minimum atomic E-state index is -0.475. The summed E-state index contributed by atoms with van der Waals surface area (Å²) in [6, 6.07) is 3.80. The molecule has 0 radical (unpaired) electrons. The number of rotatable bonds is 1. The molecule has 0 amide bonds. The fourth-order valence-electron chi connectivity index (χ4n) is 2.07. The van der Waals surface area contributed by atoms with E-state index in [1.165, 1.54) is 0 Å². The molecule has 0 bridgehead atoms. The Morgan fingerprint density at radius 1 is 1.25 bits per heavy atom. The van der Waals surface area contributed by atoms with Gasteiger partial charge in [0.05, 0.1) is 0 Å². The first kappa shape index (κ1) is 9.47. The van der Waals surface area contributed by atoms with E-state index < -0.39 is 6.10 Å². The molecule has 1 aliphatic rings. The van der Waals surface area contributed by atoms with Crippen LogP contribution in [0.25, 0.3) is 11.4 Å². The van der Waals surface area contributed by atoms with Crippen molar-refractivity contribution in [2.24, 2.45) is 0 Å². The van der Waals surface area contributed by atoms with Crippen LogP contribution in [-0.4, -0.2) is 24.9 Å². The van der Waals surface area contributed by atoms with Gasteiger partial charge in [0, 0.05) is 24.5 Å². The zero-order chi connectivity index (χ0) is 11.0. The summed E-state index contributed by atoms with van der Waals surface area (Å²) in [5.74, 6) is 1.49. The van der Waals surface area contributed by atoms with E-state index in [0.29, 0.717) is 5.82 Å². The summed E-state index contributed by atoms with van der Waals surface area (Å²) in [6.07, 6.45) is 4.72. The second-order valence-electron chi connectivity index (χ2n) is 3.93. The molecule has 82 valence electrons. The number of aliphatic hydroxyl groups is 1. The van der Waals surface area contributed by atoms with Gasteiger partial charge in [0.1, 0.15) is 6.10 Å². The number of fused-ring (bicyclic) bond motifs is 1. The van der Waals surface area contributed by atoms with Gasteiger partial charge in [-0.05, 0) is 25.0 Å². The lowest BCUT2D eigenvalue weighted by atomic mass is 10.1. The van der Waals surface area contributed by atoms with Gasteiger partial charge in [0.2, 0.25) is 0 Å². The molecule has 1 atom stereocenters. The first-order valence-electron chi connectivity index (χ1n) is 5.38. The van der Waals surface area contributed by atoms with Crippen molar-refractivity contribution in [3.63, 3.8) is 0 Å². The molecule has 3 rings (SSSR count). The molecule has 0 saturated carbocycles. The zero-order valence-electron chi connectivity index (χ0n) is 8.74. The van der Waals surface area contributed by atoms with E-state index in [1.807, 2.05) is 16.7 Å². The topological polar surface area (TPSA) is 63.8 Å². The van der Waals surface area contributed by atoms with Crippen molar-refractivity contribution in [2.75, 3.05) is 0 Å². The Labute approximate surface area is 92.8 Å². The van der Waals surface area contributed by atoms with Crippen molar-refractivity contribution in [3.05, 3.63) is 30.4 Å². The number of hydrogen-bond acceptors (Lipinski definition) is 4. The molecule has 16 heavy (non-hydrogen) atoms. The molecule has 0 aliphatic carbocycles. The summed E-state index contributed by atoms with van der Waals surface area (Å²) < 4.78 is 1.99. The van der Waals surface area contributed by atoms with Gasteiger partial charge in [-0.2, -0.15) is 0 Å². The molecule has 1 N–H and O–H groups in total. The maximum atomic E-state index is 9.79. The molecule has 0 fully saturated rings. The Bertz CT molecular complexity index is 494. The third-order valence-electron chi connectivity index (χ3n) is 2.88. The summed E-state index contributed by atoms with van der Waals surface area (Å²) in [7, 11) is 0. The van der Waals surface area contributed by atoms with Crippen LogP contribution < -0.4 is 0 Å². The largest absolute Gasteiger partial charge is 0.385 e. The molecule has 5 heteroatoms. The van der Waals surface area contributed by atoms with Gasteiger partial charge in [0.15, 0.2) is 11.6 Å². The van der Waals surface area contributed by atoms with Gasteiger partial charge < -0.3 is 9.67 Å². The normalized spacial score (nSPS) is 19.4. The van der Waals surface area contributed by atoms with Crippen LogP contribution in [0.1, 0.15) is 24.8 Å². The molecule has 2 aromatic rings.